The van der Waals surface area contributed by atoms with Crippen LogP contribution in [0.2, 0.25) is 0 Å². The third kappa shape index (κ3) is 4.90. The molecule has 6 heteroatoms. The molecule has 3 aliphatic carbocycles. The SMILES string of the molecule is CCCC1CCC(C2CCC(C3CCC(N4C(=O)C=CC4=O)C(N4C(=O)C=CC4=O)C3)CC2)CC1. The first-order chi connectivity index (χ1) is 17.0. The summed E-state index contributed by atoms with van der Waals surface area (Å²) >= 11 is 0. The molecule has 3 atom stereocenters. The second kappa shape index (κ2) is 10.4. The van der Waals surface area contributed by atoms with Crippen molar-refractivity contribution in [2.45, 2.75) is 102 Å². The topological polar surface area (TPSA) is 74.8 Å². The van der Waals surface area contributed by atoms with Crippen LogP contribution in [0.3, 0.4) is 0 Å². The molecule has 6 nitrogen and oxygen atoms in total. The minimum Gasteiger partial charge on any atom is -0.270 e. The van der Waals surface area contributed by atoms with Crippen molar-refractivity contribution in [3.05, 3.63) is 24.3 Å². The summed E-state index contributed by atoms with van der Waals surface area (Å²) in [6.45, 7) is 2.30. The van der Waals surface area contributed by atoms with Crippen LogP contribution in [0.15, 0.2) is 24.3 Å². The smallest absolute Gasteiger partial charge is 0.253 e. The summed E-state index contributed by atoms with van der Waals surface area (Å²) in [7, 11) is 0. The summed E-state index contributed by atoms with van der Waals surface area (Å²) < 4.78 is 0. The van der Waals surface area contributed by atoms with E-state index in [0.717, 1.165) is 24.2 Å². The van der Waals surface area contributed by atoms with Crippen LogP contribution >= 0.6 is 0 Å². The van der Waals surface area contributed by atoms with E-state index in [2.05, 4.69) is 6.92 Å². The van der Waals surface area contributed by atoms with Crippen molar-refractivity contribution >= 4 is 23.6 Å². The minimum atomic E-state index is -0.428. The third-order valence-electron chi connectivity index (χ3n) is 9.91. The van der Waals surface area contributed by atoms with Crippen LogP contribution < -0.4 is 0 Å². The number of carbonyl (C=O) groups is 4. The fourth-order valence-electron chi connectivity index (χ4n) is 8.09. The van der Waals surface area contributed by atoms with Gasteiger partial charge in [-0.2, -0.15) is 0 Å². The van der Waals surface area contributed by atoms with Gasteiger partial charge in [0, 0.05) is 24.3 Å². The summed E-state index contributed by atoms with van der Waals surface area (Å²) in [6.07, 6.45) is 20.9. The van der Waals surface area contributed by atoms with E-state index in [1.807, 2.05) is 0 Å². The molecule has 3 fully saturated rings. The average molecular weight is 481 g/mol. The van der Waals surface area contributed by atoms with Crippen LogP contribution in [-0.4, -0.2) is 45.5 Å². The van der Waals surface area contributed by atoms with Crippen LogP contribution in [0, 0.1) is 29.6 Å². The monoisotopic (exact) mass is 480 g/mol. The Labute approximate surface area is 209 Å². The fraction of sp³-hybridized carbons (Fsp3) is 0.724. The van der Waals surface area contributed by atoms with Crippen LogP contribution in [0.5, 0.6) is 0 Å². The number of amides is 4. The predicted octanol–water partition coefficient (Wildman–Crippen LogP) is 4.79. The van der Waals surface area contributed by atoms with Crippen molar-refractivity contribution < 1.29 is 19.2 Å². The van der Waals surface area contributed by atoms with Gasteiger partial charge in [-0.05, 0) is 87.4 Å². The highest BCUT2D eigenvalue weighted by Gasteiger charge is 2.47. The molecule has 0 aromatic carbocycles. The number of hydrogen-bond donors (Lipinski definition) is 0. The Kier molecular flexibility index (Phi) is 7.26. The molecule has 0 N–H and O–H groups in total. The van der Waals surface area contributed by atoms with Crippen LogP contribution in [0.4, 0.5) is 0 Å². The number of imide groups is 2. The van der Waals surface area contributed by atoms with E-state index in [9.17, 15) is 19.2 Å². The first-order valence-electron chi connectivity index (χ1n) is 14.1. The standard InChI is InChI=1S/C29H40N2O4/c1-2-3-19-4-6-20(7-5-19)21-8-10-22(11-9-21)23-12-13-24(30-26(32)14-15-27(30)33)25(18-23)31-28(34)16-17-29(31)35/h14-17,19-25H,2-13,18H2,1H3. The maximum absolute atomic E-state index is 12.6. The molecule has 5 aliphatic rings. The molecule has 0 spiro atoms. The molecule has 3 unspecified atom stereocenters. The zero-order chi connectivity index (χ0) is 24.5. The molecule has 2 heterocycles. The molecule has 0 aromatic rings. The fourth-order valence-corrected chi connectivity index (χ4v) is 8.09. The van der Waals surface area contributed by atoms with Gasteiger partial charge in [0.15, 0.2) is 0 Å². The number of nitrogens with zero attached hydrogens (tertiary/aromatic N) is 2. The van der Waals surface area contributed by atoms with Gasteiger partial charge in [-0.15, -0.1) is 0 Å². The van der Waals surface area contributed by atoms with E-state index < -0.39 is 12.1 Å². The van der Waals surface area contributed by atoms with Crippen molar-refractivity contribution in [1.82, 2.24) is 9.80 Å². The molecule has 5 rings (SSSR count). The van der Waals surface area contributed by atoms with E-state index in [0.29, 0.717) is 24.7 Å². The summed E-state index contributed by atoms with van der Waals surface area (Å²) in [4.78, 5) is 52.7. The van der Waals surface area contributed by atoms with E-state index in [4.69, 9.17) is 0 Å². The Morgan fingerprint density at radius 1 is 0.571 bits per heavy atom. The molecule has 0 saturated heterocycles. The van der Waals surface area contributed by atoms with Gasteiger partial charge in [0.05, 0.1) is 12.1 Å². The Morgan fingerprint density at radius 2 is 0.971 bits per heavy atom. The van der Waals surface area contributed by atoms with Gasteiger partial charge in [0.1, 0.15) is 0 Å². The molecule has 2 aliphatic heterocycles. The lowest BCUT2D eigenvalue weighted by Crippen LogP contribution is -2.58. The van der Waals surface area contributed by atoms with Crippen molar-refractivity contribution in [1.29, 1.82) is 0 Å². The molecule has 0 bridgehead atoms. The number of hydrogen-bond acceptors (Lipinski definition) is 4. The lowest BCUT2D eigenvalue weighted by atomic mass is 9.64. The largest absolute Gasteiger partial charge is 0.270 e. The lowest BCUT2D eigenvalue weighted by Gasteiger charge is -2.46. The molecule has 4 amide bonds. The first-order valence-corrected chi connectivity index (χ1v) is 14.1. The number of rotatable bonds is 6. The van der Waals surface area contributed by atoms with E-state index in [1.165, 1.54) is 98.3 Å². The van der Waals surface area contributed by atoms with Gasteiger partial charge >= 0.3 is 0 Å². The van der Waals surface area contributed by atoms with E-state index >= 15 is 0 Å². The third-order valence-corrected chi connectivity index (χ3v) is 9.91. The van der Waals surface area contributed by atoms with Crippen molar-refractivity contribution in [3.8, 4) is 0 Å². The van der Waals surface area contributed by atoms with E-state index in [-0.39, 0.29) is 23.6 Å². The van der Waals surface area contributed by atoms with Gasteiger partial charge in [-0.3, -0.25) is 29.0 Å². The van der Waals surface area contributed by atoms with Gasteiger partial charge in [-0.25, -0.2) is 0 Å². The van der Waals surface area contributed by atoms with Crippen LogP contribution in [-0.2, 0) is 19.2 Å². The Morgan fingerprint density at radius 3 is 1.46 bits per heavy atom. The van der Waals surface area contributed by atoms with Gasteiger partial charge in [0.25, 0.3) is 23.6 Å². The van der Waals surface area contributed by atoms with Crippen molar-refractivity contribution in [3.63, 3.8) is 0 Å². The molecule has 35 heavy (non-hydrogen) atoms. The normalized spacial score (nSPS) is 38.1. The molecule has 0 aromatic heterocycles. The van der Waals surface area contributed by atoms with Gasteiger partial charge < -0.3 is 0 Å². The molecule has 0 radical (unpaired) electrons. The quantitative estimate of drug-likeness (QED) is 0.513. The predicted molar refractivity (Wildman–Crippen MR) is 133 cm³/mol. The Hall–Kier alpha value is -2.24. The molecule has 3 saturated carbocycles. The second-order valence-electron chi connectivity index (χ2n) is 11.7. The Bertz CT molecular complexity index is 872. The second-order valence-corrected chi connectivity index (χ2v) is 11.7. The zero-order valence-corrected chi connectivity index (χ0v) is 21.1. The first kappa shape index (κ1) is 24.5. The minimum absolute atomic E-state index is 0.319. The summed E-state index contributed by atoms with van der Waals surface area (Å²) in [5.74, 6) is 2.45. The highest BCUT2D eigenvalue weighted by atomic mass is 16.2. The van der Waals surface area contributed by atoms with Gasteiger partial charge in [0.2, 0.25) is 0 Å². The lowest BCUT2D eigenvalue weighted by molar-refractivity contribution is -0.151. The average Bonchev–Trinajstić information content (AvgIpc) is 3.39. The van der Waals surface area contributed by atoms with Crippen LogP contribution in [0.1, 0.15) is 90.4 Å². The molecule has 190 valence electrons. The van der Waals surface area contributed by atoms with Crippen LogP contribution in [0.25, 0.3) is 0 Å². The Balaban J connectivity index is 1.22. The summed E-state index contributed by atoms with van der Waals surface area (Å²) in [5, 5.41) is 0. The van der Waals surface area contributed by atoms with Gasteiger partial charge in [-0.1, -0.05) is 32.6 Å². The van der Waals surface area contributed by atoms with Crippen molar-refractivity contribution in [2.75, 3.05) is 0 Å². The van der Waals surface area contributed by atoms with Crippen molar-refractivity contribution in [2.24, 2.45) is 29.6 Å². The molecular formula is C29H40N2O4. The molecular weight excluding hydrogens is 440 g/mol. The van der Waals surface area contributed by atoms with E-state index in [1.54, 1.807) is 0 Å². The summed E-state index contributed by atoms with van der Waals surface area (Å²) in [5.41, 5.74) is 0. The summed E-state index contributed by atoms with van der Waals surface area (Å²) in [6, 6.07) is -0.855. The maximum Gasteiger partial charge on any atom is 0.253 e. The number of carbonyl (C=O) groups excluding carboxylic acids is 4. The highest BCUT2D eigenvalue weighted by Crippen LogP contribution is 2.47. The maximum atomic E-state index is 12.6. The highest BCUT2D eigenvalue weighted by molar-refractivity contribution is 6.14. The zero-order valence-electron chi connectivity index (χ0n) is 21.1.